The van der Waals surface area contributed by atoms with Crippen LogP contribution in [0.25, 0.3) is 12.2 Å². The van der Waals surface area contributed by atoms with E-state index < -0.39 is 27.2 Å². The maximum atomic E-state index is 12.6. The fourth-order valence-electron chi connectivity index (χ4n) is 2.87. The first-order valence-electron chi connectivity index (χ1n) is 9.27. The zero-order valence-electron chi connectivity index (χ0n) is 17.2. The number of benzene rings is 3. The summed E-state index contributed by atoms with van der Waals surface area (Å²) in [6, 6.07) is 10.7. The molecule has 0 N–H and O–H groups in total. The summed E-state index contributed by atoms with van der Waals surface area (Å²) >= 11 is 18.1. The zero-order chi connectivity index (χ0) is 25.0. The minimum atomic E-state index is -0.847. The van der Waals surface area contributed by atoms with Gasteiger partial charge in [-0.25, -0.2) is 4.79 Å². The van der Waals surface area contributed by atoms with Gasteiger partial charge in [-0.15, -0.1) is 0 Å². The summed E-state index contributed by atoms with van der Waals surface area (Å²) in [6.45, 7) is 0. The molecule has 0 fully saturated rings. The first-order valence-corrected chi connectivity index (χ1v) is 10.4. The van der Waals surface area contributed by atoms with Gasteiger partial charge in [0.2, 0.25) is 0 Å². The van der Waals surface area contributed by atoms with Gasteiger partial charge in [0.25, 0.3) is 11.4 Å². The summed E-state index contributed by atoms with van der Waals surface area (Å²) < 4.78 is 10.7. The Hall–Kier alpha value is -3.66. The molecule has 0 saturated heterocycles. The van der Waals surface area contributed by atoms with Crippen molar-refractivity contribution < 1.29 is 24.1 Å². The van der Waals surface area contributed by atoms with Crippen molar-refractivity contribution in [2.24, 2.45) is 0 Å². The molecule has 12 heteroatoms. The van der Waals surface area contributed by atoms with Crippen molar-refractivity contribution in [2.45, 2.75) is 0 Å². The average molecular weight is 524 g/mol. The van der Waals surface area contributed by atoms with Crippen LogP contribution in [0, 0.1) is 20.2 Å². The third-order valence-electron chi connectivity index (χ3n) is 4.52. The molecular formula is C22H13Cl3N2O7. The molecule has 0 aliphatic carbocycles. The second-order valence-electron chi connectivity index (χ2n) is 6.61. The van der Waals surface area contributed by atoms with Crippen LogP contribution in [0.1, 0.15) is 21.5 Å². The van der Waals surface area contributed by atoms with E-state index in [1.807, 2.05) is 0 Å². The molecule has 0 aliphatic rings. The second-order valence-corrected chi connectivity index (χ2v) is 7.80. The molecule has 0 radical (unpaired) electrons. The molecule has 0 atom stereocenters. The number of nitrogens with zero attached hydrogens (tertiary/aromatic N) is 2. The SMILES string of the molecule is COc1cc(C=Cc2ccc([N+](=O)[O-])cc2[N+](=O)[O-])ccc1OC(=O)c1c(Cl)ccc(Cl)c1Cl. The number of carbonyl (C=O) groups is 1. The Labute approximate surface area is 207 Å². The Balaban J connectivity index is 1.88. The quantitative estimate of drug-likeness (QED) is 0.0827. The zero-order valence-corrected chi connectivity index (χ0v) is 19.4. The molecule has 0 spiro atoms. The third kappa shape index (κ3) is 5.45. The topological polar surface area (TPSA) is 122 Å². The molecule has 0 unspecified atom stereocenters. The molecule has 3 rings (SSSR count). The Kier molecular flexibility index (Phi) is 7.72. The molecule has 34 heavy (non-hydrogen) atoms. The van der Waals surface area contributed by atoms with Gasteiger partial charge < -0.3 is 9.47 Å². The fourth-order valence-corrected chi connectivity index (χ4v) is 3.55. The van der Waals surface area contributed by atoms with Gasteiger partial charge in [0.1, 0.15) is 0 Å². The minimum absolute atomic E-state index is 0.0534. The molecule has 9 nitrogen and oxygen atoms in total. The normalized spacial score (nSPS) is 10.8. The third-order valence-corrected chi connectivity index (χ3v) is 5.63. The molecule has 174 valence electrons. The van der Waals surface area contributed by atoms with Gasteiger partial charge in [0.15, 0.2) is 11.5 Å². The van der Waals surface area contributed by atoms with Gasteiger partial charge >= 0.3 is 5.97 Å². The maximum absolute atomic E-state index is 12.6. The smallest absolute Gasteiger partial charge is 0.346 e. The number of carbonyl (C=O) groups excluding carboxylic acids is 1. The van der Waals surface area contributed by atoms with Gasteiger partial charge in [-0.3, -0.25) is 20.2 Å². The predicted octanol–water partition coefficient (Wildman–Crippen LogP) is 6.86. The van der Waals surface area contributed by atoms with Gasteiger partial charge in [0, 0.05) is 6.07 Å². The first kappa shape index (κ1) is 25.0. The van der Waals surface area contributed by atoms with E-state index in [0.29, 0.717) is 5.56 Å². The number of non-ortho nitro benzene ring substituents is 1. The van der Waals surface area contributed by atoms with Gasteiger partial charge in [-0.05, 0) is 42.0 Å². The van der Waals surface area contributed by atoms with E-state index >= 15 is 0 Å². The number of hydrogen-bond donors (Lipinski definition) is 0. The number of halogens is 3. The summed E-state index contributed by atoms with van der Waals surface area (Å²) in [4.78, 5) is 33.4. The van der Waals surface area contributed by atoms with Crippen LogP contribution in [-0.4, -0.2) is 22.9 Å². The molecule has 0 bridgehead atoms. The summed E-state index contributed by atoms with van der Waals surface area (Å²) in [5, 5.41) is 22.3. The Bertz CT molecular complexity index is 1340. The first-order chi connectivity index (χ1) is 16.1. The number of esters is 1. The van der Waals surface area contributed by atoms with Crippen molar-refractivity contribution in [2.75, 3.05) is 7.11 Å². The summed E-state index contributed by atoms with van der Waals surface area (Å²) in [7, 11) is 1.36. The van der Waals surface area contributed by atoms with Crippen LogP contribution >= 0.6 is 34.8 Å². The Morgan fingerprint density at radius 2 is 1.59 bits per heavy atom. The van der Waals surface area contributed by atoms with E-state index in [1.165, 1.54) is 55.7 Å². The lowest BCUT2D eigenvalue weighted by Crippen LogP contribution is -2.11. The largest absolute Gasteiger partial charge is 0.493 e. The number of rotatable bonds is 7. The average Bonchev–Trinajstić information content (AvgIpc) is 2.80. The van der Waals surface area contributed by atoms with Crippen molar-refractivity contribution in [3.63, 3.8) is 0 Å². The molecule has 3 aromatic carbocycles. The highest BCUT2D eigenvalue weighted by atomic mass is 35.5. The lowest BCUT2D eigenvalue weighted by atomic mass is 10.1. The minimum Gasteiger partial charge on any atom is -0.493 e. The molecular weight excluding hydrogens is 511 g/mol. The van der Waals surface area contributed by atoms with Gasteiger partial charge in [-0.2, -0.15) is 0 Å². The number of ether oxygens (including phenoxy) is 2. The van der Waals surface area contributed by atoms with E-state index in [-0.39, 0.29) is 37.7 Å². The fraction of sp³-hybridized carbons (Fsp3) is 0.0455. The van der Waals surface area contributed by atoms with E-state index in [0.717, 1.165) is 6.07 Å². The Morgan fingerprint density at radius 3 is 2.24 bits per heavy atom. The van der Waals surface area contributed by atoms with E-state index in [2.05, 4.69) is 0 Å². The van der Waals surface area contributed by atoms with Crippen LogP contribution in [0.5, 0.6) is 11.5 Å². The number of methoxy groups -OCH3 is 1. The standard InChI is InChI=1S/C22H13Cl3N2O7/c1-33-19-10-12(2-4-13-5-6-14(26(29)30)11-17(13)27(31)32)3-9-18(19)34-22(28)20-15(23)7-8-16(24)21(20)25/h2-11H,1H3. The summed E-state index contributed by atoms with van der Waals surface area (Å²) in [5.41, 5.74) is -0.208. The van der Waals surface area contributed by atoms with Crippen molar-refractivity contribution in [3.05, 3.63) is 101 Å². The Morgan fingerprint density at radius 1 is 0.882 bits per heavy atom. The van der Waals surface area contributed by atoms with E-state index in [9.17, 15) is 25.0 Å². The molecule has 0 amide bonds. The summed E-state index contributed by atoms with van der Waals surface area (Å²) in [6.07, 6.45) is 2.96. The molecule has 3 aromatic rings. The highest BCUT2D eigenvalue weighted by Gasteiger charge is 2.21. The lowest BCUT2D eigenvalue weighted by molar-refractivity contribution is -0.394. The molecule has 0 heterocycles. The lowest BCUT2D eigenvalue weighted by Gasteiger charge is -2.12. The van der Waals surface area contributed by atoms with Crippen molar-refractivity contribution in [1.29, 1.82) is 0 Å². The molecule has 0 saturated carbocycles. The summed E-state index contributed by atoms with van der Waals surface area (Å²) in [5.74, 6) is -0.596. The number of nitro benzene ring substituents is 2. The van der Waals surface area contributed by atoms with Crippen LogP contribution < -0.4 is 9.47 Å². The monoisotopic (exact) mass is 522 g/mol. The molecule has 0 aromatic heterocycles. The van der Waals surface area contributed by atoms with Gasteiger partial charge in [0.05, 0.1) is 49.2 Å². The van der Waals surface area contributed by atoms with Crippen molar-refractivity contribution in [1.82, 2.24) is 0 Å². The van der Waals surface area contributed by atoms with Crippen molar-refractivity contribution >= 4 is 64.3 Å². The number of hydrogen-bond acceptors (Lipinski definition) is 7. The highest BCUT2D eigenvalue weighted by molar-refractivity contribution is 6.46. The highest BCUT2D eigenvalue weighted by Crippen LogP contribution is 2.35. The molecule has 0 aliphatic heterocycles. The predicted molar refractivity (Wildman–Crippen MR) is 128 cm³/mol. The van der Waals surface area contributed by atoms with E-state index in [1.54, 1.807) is 6.07 Å². The van der Waals surface area contributed by atoms with Crippen LogP contribution in [0.4, 0.5) is 11.4 Å². The second kappa shape index (κ2) is 10.5. The van der Waals surface area contributed by atoms with Crippen LogP contribution in [0.3, 0.4) is 0 Å². The van der Waals surface area contributed by atoms with Crippen LogP contribution in [0.2, 0.25) is 15.1 Å². The number of nitro groups is 2. The van der Waals surface area contributed by atoms with Crippen LogP contribution in [-0.2, 0) is 0 Å². The van der Waals surface area contributed by atoms with Gasteiger partial charge in [-0.1, -0.05) is 46.9 Å². The van der Waals surface area contributed by atoms with Crippen LogP contribution in [0.15, 0.2) is 48.5 Å². The van der Waals surface area contributed by atoms with E-state index in [4.69, 9.17) is 44.3 Å². The maximum Gasteiger partial charge on any atom is 0.346 e. The van der Waals surface area contributed by atoms with Crippen molar-refractivity contribution in [3.8, 4) is 11.5 Å².